The van der Waals surface area contributed by atoms with E-state index in [0.717, 1.165) is 12.8 Å². The first-order valence-corrected chi connectivity index (χ1v) is 9.80. The van der Waals surface area contributed by atoms with E-state index in [2.05, 4.69) is 16.9 Å². The molecule has 25 heavy (non-hydrogen) atoms. The maximum Gasteiger partial charge on any atom is 0.240 e. The van der Waals surface area contributed by atoms with Gasteiger partial charge in [0.1, 0.15) is 0 Å². The van der Waals surface area contributed by atoms with Gasteiger partial charge in [-0.25, -0.2) is 13.1 Å². The van der Waals surface area contributed by atoms with Gasteiger partial charge in [-0.15, -0.1) is 0 Å². The Bertz CT molecular complexity index is 762. The Morgan fingerprint density at radius 1 is 1.00 bits per heavy atom. The molecule has 0 bridgehead atoms. The fraction of sp³-hybridized carbons (Fsp3) is 0.316. The average Bonchev–Trinajstić information content (AvgIpc) is 2.63. The van der Waals surface area contributed by atoms with E-state index in [-0.39, 0.29) is 23.8 Å². The quantitative estimate of drug-likeness (QED) is 0.747. The molecule has 0 spiro atoms. The first kappa shape index (κ1) is 19.1. The zero-order valence-corrected chi connectivity index (χ0v) is 15.2. The van der Waals surface area contributed by atoms with Crippen molar-refractivity contribution in [2.24, 2.45) is 0 Å². The number of hydrogen-bond donors (Lipinski definition) is 1. The lowest BCUT2D eigenvalue weighted by Gasteiger charge is -2.17. The number of nitrogens with zero attached hydrogens (tertiary/aromatic N) is 1. The molecule has 2 rings (SSSR count). The number of carbonyl (C=O) groups is 1. The molecule has 2 aromatic rings. The smallest absolute Gasteiger partial charge is 0.240 e. The fourth-order valence-corrected chi connectivity index (χ4v) is 3.51. The molecular weight excluding hydrogens is 336 g/mol. The van der Waals surface area contributed by atoms with Crippen molar-refractivity contribution >= 4 is 15.9 Å². The van der Waals surface area contributed by atoms with Crippen LogP contribution in [0.15, 0.2) is 65.6 Å². The largest absolute Gasteiger partial charge is 0.346 e. The molecule has 1 N–H and O–H groups in total. The Morgan fingerprint density at radius 2 is 1.60 bits per heavy atom. The molecule has 2 aromatic carbocycles. The summed E-state index contributed by atoms with van der Waals surface area (Å²) in [7, 11) is -1.81. The van der Waals surface area contributed by atoms with E-state index in [1.165, 1.54) is 17.7 Å². The molecule has 0 aliphatic heterocycles. The van der Waals surface area contributed by atoms with Crippen molar-refractivity contribution < 1.29 is 13.2 Å². The normalized spacial score (nSPS) is 11.2. The minimum absolute atomic E-state index is 0.0659. The number of sulfonamides is 1. The van der Waals surface area contributed by atoms with Crippen molar-refractivity contribution in [1.82, 2.24) is 9.62 Å². The zero-order valence-electron chi connectivity index (χ0n) is 14.4. The first-order valence-electron chi connectivity index (χ1n) is 8.31. The van der Waals surface area contributed by atoms with Crippen molar-refractivity contribution in [3.63, 3.8) is 0 Å². The number of aryl methyl sites for hydroxylation is 1. The predicted molar refractivity (Wildman–Crippen MR) is 98.6 cm³/mol. The Morgan fingerprint density at radius 3 is 2.24 bits per heavy atom. The standard InChI is InChI=1S/C19H24N2O3S/c1-21(16-8-11-17-9-4-2-5-10-17)19(22)14-15-20-25(23,24)18-12-6-3-7-13-18/h2-7,9-10,12-13,20H,8,11,14-16H2,1H3. The molecule has 1 amide bonds. The van der Waals surface area contributed by atoms with Crippen molar-refractivity contribution in [3.05, 3.63) is 66.2 Å². The molecular formula is C19H24N2O3S. The molecule has 134 valence electrons. The summed E-state index contributed by atoms with van der Waals surface area (Å²) in [4.78, 5) is 14.0. The van der Waals surface area contributed by atoms with Crippen LogP contribution in [-0.4, -0.2) is 39.4 Å². The number of rotatable bonds is 9. The van der Waals surface area contributed by atoms with Gasteiger partial charge in [0.05, 0.1) is 4.90 Å². The third-order valence-electron chi connectivity index (χ3n) is 3.91. The third-order valence-corrected chi connectivity index (χ3v) is 5.39. The summed E-state index contributed by atoms with van der Waals surface area (Å²) in [5.41, 5.74) is 1.25. The van der Waals surface area contributed by atoms with Gasteiger partial charge in [0.15, 0.2) is 0 Å². The van der Waals surface area contributed by atoms with E-state index in [0.29, 0.717) is 6.54 Å². The van der Waals surface area contributed by atoms with Crippen LogP contribution in [0.2, 0.25) is 0 Å². The average molecular weight is 360 g/mol. The highest BCUT2D eigenvalue weighted by atomic mass is 32.2. The monoisotopic (exact) mass is 360 g/mol. The summed E-state index contributed by atoms with van der Waals surface area (Å²) in [5.74, 6) is -0.0659. The van der Waals surface area contributed by atoms with Gasteiger partial charge >= 0.3 is 0 Å². The van der Waals surface area contributed by atoms with E-state index in [1.807, 2.05) is 18.2 Å². The first-order chi connectivity index (χ1) is 12.0. The number of carbonyl (C=O) groups excluding carboxylic acids is 1. The van der Waals surface area contributed by atoms with Gasteiger partial charge in [-0.3, -0.25) is 4.79 Å². The van der Waals surface area contributed by atoms with Crippen LogP contribution in [0, 0.1) is 0 Å². The highest BCUT2D eigenvalue weighted by Gasteiger charge is 2.14. The maximum absolute atomic E-state index is 12.1. The Hall–Kier alpha value is -2.18. The van der Waals surface area contributed by atoms with Crippen molar-refractivity contribution in [2.45, 2.75) is 24.2 Å². The van der Waals surface area contributed by atoms with Crippen molar-refractivity contribution in [1.29, 1.82) is 0 Å². The molecule has 0 unspecified atom stereocenters. The molecule has 0 aliphatic carbocycles. The van der Waals surface area contributed by atoms with Crippen LogP contribution in [0.25, 0.3) is 0 Å². The van der Waals surface area contributed by atoms with Crippen LogP contribution in [0.3, 0.4) is 0 Å². The van der Waals surface area contributed by atoms with Crippen LogP contribution < -0.4 is 4.72 Å². The highest BCUT2D eigenvalue weighted by Crippen LogP contribution is 2.07. The van der Waals surface area contributed by atoms with E-state index >= 15 is 0 Å². The summed E-state index contributed by atoms with van der Waals surface area (Å²) >= 11 is 0. The third kappa shape index (κ3) is 6.32. The SMILES string of the molecule is CN(CCCc1ccccc1)C(=O)CCNS(=O)(=O)c1ccccc1. The van der Waals surface area contributed by atoms with Crippen molar-refractivity contribution in [2.75, 3.05) is 20.1 Å². The number of nitrogens with one attached hydrogen (secondary N) is 1. The van der Waals surface area contributed by atoms with Gasteiger partial charge in [-0.2, -0.15) is 0 Å². The lowest BCUT2D eigenvalue weighted by Crippen LogP contribution is -2.32. The van der Waals surface area contributed by atoms with Gasteiger partial charge in [0.2, 0.25) is 15.9 Å². The van der Waals surface area contributed by atoms with Gasteiger partial charge in [-0.05, 0) is 30.5 Å². The van der Waals surface area contributed by atoms with Crippen LogP contribution >= 0.6 is 0 Å². The molecule has 0 aromatic heterocycles. The molecule has 5 nitrogen and oxygen atoms in total. The Balaban J connectivity index is 1.70. The molecule has 6 heteroatoms. The van der Waals surface area contributed by atoms with E-state index in [9.17, 15) is 13.2 Å². The zero-order chi connectivity index (χ0) is 18.1. The summed E-state index contributed by atoms with van der Waals surface area (Å²) in [6, 6.07) is 18.3. The highest BCUT2D eigenvalue weighted by molar-refractivity contribution is 7.89. The Kier molecular flexibility index (Phi) is 7.16. The van der Waals surface area contributed by atoms with E-state index in [1.54, 1.807) is 30.1 Å². The van der Waals surface area contributed by atoms with Gasteiger partial charge in [0, 0.05) is 26.6 Å². The summed E-state index contributed by atoms with van der Waals surface area (Å²) in [6.07, 6.45) is 1.94. The van der Waals surface area contributed by atoms with Crippen LogP contribution in [0.4, 0.5) is 0 Å². The lowest BCUT2D eigenvalue weighted by molar-refractivity contribution is -0.129. The van der Waals surface area contributed by atoms with E-state index < -0.39 is 10.0 Å². The number of amides is 1. The van der Waals surface area contributed by atoms with Gasteiger partial charge < -0.3 is 4.90 Å². The lowest BCUT2D eigenvalue weighted by atomic mass is 10.1. The predicted octanol–water partition coefficient (Wildman–Crippen LogP) is 2.45. The number of benzene rings is 2. The molecule has 0 aliphatic rings. The van der Waals surface area contributed by atoms with Gasteiger partial charge in [-0.1, -0.05) is 48.5 Å². The van der Waals surface area contributed by atoms with Crippen molar-refractivity contribution in [3.8, 4) is 0 Å². The van der Waals surface area contributed by atoms with Crippen LogP contribution in [0.5, 0.6) is 0 Å². The molecule has 0 radical (unpaired) electrons. The second-order valence-electron chi connectivity index (χ2n) is 5.87. The minimum Gasteiger partial charge on any atom is -0.346 e. The van der Waals surface area contributed by atoms with Gasteiger partial charge in [0.25, 0.3) is 0 Å². The van der Waals surface area contributed by atoms with E-state index in [4.69, 9.17) is 0 Å². The summed E-state index contributed by atoms with van der Waals surface area (Å²) < 4.78 is 26.6. The second kappa shape index (κ2) is 9.34. The van der Waals surface area contributed by atoms with Crippen LogP contribution in [-0.2, 0) is 21.2 Å². The molecule has 0 fully saturated rings. The Labute approximate surface area is 149 Å². The molecule has 0 saturated carbocycles. The second-order valence-corrected chi connectivity index (χ2v) is 7.63. The molecule has 0 atom stereocenters. The maximum atomic E-state index is 12.1. The minimum atomic E-state index is -3.56. The van der Waals surface area contributed by atoms with Crippen LogP contribution in [0.1, 0.15) is 18.4 Å². The number of hydrogen-bond acceptors (Lipinski definition) is 3. The molecule has 0 heterocycles. The fourth-order valence-electron chi connectivity index (χ4n) is 2.46. The topological polar surface area (TPSA) is 66.5 Å². The summed E-state index contributed by atoms with van der Waals surface area (Å²) in [5, 5.41) is 0. The molecule has 0 saturated heterocycles. The summed E-state index contributed by atoms with van der Waals surface area (Å²) in [6.45, 7) is 0.748.